The van der Waals surface area contributed by atoms with Crippen molar-refractivity contribution in [2.75, 3.05) is 0 Å². The van der Waals surface area contributed by atoms with Crippen molar-refractivity contribution in [3.05, 3.63) is 40.5 Å². The van der Waals surface area contributed by atoms with Gasteiger partial charge in [-0.05, 0) is 18.2 Å². The molecule has 1 aromatic carbocycles. The van der Waals surface area contributed by atoms with E-state index in [1.807, 2.05) is 0 Å². The van der Waals surface area contributed by atoms with Crippen molar-refractivity contribution >= 4 is 40.8 Å². The fourth-order valence-corrected chi connectivity index (χ4v) is 1.64. The van der Waals surface area contributed by atoms with E-state index in [9.17, 15) is 4.79 Å². The van der Waals surface area contributed by atoms with Gasteiger partial charge in [0, 0.05) is 10.0 Å². The first-order valence-corrected chi connectivity index (χ1v) is 5.27. The number of hydrogen-bond acceptors (Lipinski definition) is 3. The van der Waals surface area contributed by atoms with Crippen LogP contribution in [-0.2, 0) is 4.79 Å². The van der Waals surface area contributed by atoms with Gasteiger partial charge in [0.25, 0.3) is 5.91 Å². The van der Waals surface area contributed by atoms with E-state index in [-0.39, 0.29) is 11.7 Å². The van der Waals surface area contributed by atoms with Gasteiger partial charge in [-0.25, -0.2) is 4.99 Å². The van der Waals surface area contributed by atoms with Crippen LogP contribution in [-0.4, -0.2) is 11.9 Å². The molecule has 17 heavy (non-hydrogen) atoms. The van der Waals surface area contributed by atoms with E-state index in [4.69, 9.17) is 23.2 Å². The molecule has 1 heterocycles. The van der Waals surface area contributed by atoms with Crippen molar-refractivity contribution in [2.45, 2.75) is 0 Å². The van der Waals surface area contributed by atoms with Crippen LogP contribution in [0.3, 0.4) is 0 Å². The first-order valence-electron chi connectivity index (χ1n) is 4.51. The highest BCUT2D eigenvalue weighted by molar-refractivity contribution is 6.35. The number of benzene rings is 1. The van der Waals surface area contributed by atoms with Crippen LogP contribution in [0.2, 0.25) is 10.0 Å². The number of rotatable bonds is 1. The van der Waals surface area contributed by atoms with Gasteiger partial charge in [0.05, 0.1) is 5.69 Å². The zero-order valence-electron chi connectivity index (χ0n) is 8.44. The predicted molar refractivity (Wildman–Crippen MR) is 65.7 cm³/mol. The topological polar surface area (TPSA) is 66.2 Å². The molecule has 0 saturated carbocycles. The number of hydrogen-bond donors (Lipinski definition) is 1. The molecule has 7 heteroatoms. The Morgan fingerprint density at radius 2 is 1.82 bits per heavy atom. The van der Waals surface area contributed by atoms with Crippen LogP contribution in [0.4, 0.5) is 5.69 Å². The second-order valence-corrected chi connectivity index (χ2v) is 4.04. The van der Waals surface area contributed by atoms with Gasteiger partial charge in [-0.15, -0.1) is 10.2 Å². The van der Waals surface area contributed by atoms with Gasteiger partial charge in [-0.3, -0.25) is 10.1 Å². The zero-order valence-corrected chi connectivity index (χ0v) is 9.96. The lowest BCUT2D eigenvalue weighted by molar-refractivity contribution is -0.116. The van der Waals surface area contributed by atoms with Crippen LogP contribution in [0.25, 0.3) is 0 Å². The van der Waals surface area contributed by atoms with Crippen LogP contribution < -0.4 is 5.32 Å². The van der Waals surface area contributed by atoms with Gasteiger partial charge >= 0.3 is 0 Å². The number of halogens is 2. The Labute approximate surface area is 107 Å². The second-order valence-electron chi connectivity index (χ2n) is 3.16. The van der Waals surface area contributed by atoms with Gasteiger partial charge in [0.2, 0.25) is 5.96 Å². The number of carbonyl (C=O) groups excluding carboxylic acids is 1. The highest BCUT2D eigenvalue weighted by Gasteiger charge is 2.14. The summed E-state index contributed by atoms with van der Waals surface area (Å²) in [5, 5.41) is 10.5. The van der Waals surface area contributed by atoms with Crippen molar-refractivity contribution in [3.63, 3.8) is 0 Å². The Morgan fingerprint density at radius 1 is 1.18 bits per heavy atom. The van der Waals surface area contributed by atoms with Crippen LogP contribution >= 0.6 is 23.2 Å². The minimum atomic E-state index is -0.438. The van der Waals surface area contributed by atoms with E-state index < -0.39 is 5.91 Å². The van der Waals surface area contributed by atoms with E-state index in [1.165, 1.54) is 0 Å². The molecule has 0 aromatic heterocycles. The molecule has 1 aliphatic rings. The van der Waals surface area contributed by atoms with Crippen LogP contribution in [0.1, 0.15) is 0 Å². The lowest BCUT2D eigenvalue weighted by Crippen LogP contribution is -2.32. The summed E-state index contributed by atoms with van der Waals surface area (Å²) in [6, 6.07) is 4.76. The van der Waals surface area contributed by atoms with Crippen molar-refractivity contribution in [1.82, 2.24) is 5.32 Å². The molecule has 0 radical (unpaired) electrons. The number of aliphatic imine (C=N–C) groups is 1. The van der Waals surface area contributed by atoms with Crippen LogP contribution in [0, 0.1) is 0 Å². The molecule has 2 rings (SSSR count). The normalized spacial score (nSPS) is 17.4. The van der Waals surface area contributed by atoms with Crippen molar-refractivity contribution in [1.29, 1.82) is 0 Å². The highest BCUT2D eigenvalue weighted by Crippen LogP contribution is 2.24. The molecule has 86 valence electrons. The largest absolute Gasteiger partial charge is 0.288 e. The molecule has 0 saturated heterocycles. The molecule has 0 bridgehead atoms. The molecule has 0 fully saturated rings. The van der Waals surface area contributed by atoms with E-state index in [1.54, 1.807) is 18.2 Å². The molecule has 0 aliphatic carbocycles. The molecule has 1 aliphatic heterocycles. The Morgan fingerprint density at radius 3 is 2.41 bits per heavy atom. The third-order valence-corrected chi connectivity index (χ3v) is 2.27. The summed E-state index contributed by atoms with van der Waals surface area (Å²) in [4.78, 5) is 15.3. The molecule has 5 nitrogen and oxygen atoms in total. The summed E-state index contributed by atoms with van der Waals surface area (Å²) in [5.41, 5.74) is 0.511. The van der Waals surface area contributed by atoms with Gasteiger partial charge in [-0.2, -0.15) is 0 Å². The average Bonchev–Trinajstić information content (AvgIpc) is 2.22. The van der Waals surface area contributed by atoms with Gasteiger partial charge in [0.1, 0.15) is 5.70 Å². The van der Waals surface area contributed by atoms with E-state index in [2.05, 4.69) is 27.1 Å². The molecular formula is C10H6Cl2N4O. The van der Waals surface area contributed by atoms with Gasteiger partial charge in [0.15, 0.2) is 0 Å². The molecule has 0 spiro atoms. The smallest absolute Gasteiger partial charge is 0.277 e. The summed E-state index contributed by atoms with van der Waals surface area (Å²) >= 11 is 11.6. The SMILES string of the molecule is C=C1N=NC(=Nc2cc(Cl)cc(Cl)c2)NC1=O. The summed E-state index contributed by atoms with van der Waals surface area (Å²) in [6.07, 6.45) is 0. The Kier molecular flexibility index (Phi) is 3.21. The summed E-state index contributed by atoms with van der Waals surface area (Å²) in [6.45, 7) is 3.40. The maximum atomic E-state index is 11.2. The fourth-order valence-electron chi connectivity index (χ4n) is 1.13. The molecule has 1 aromatic rings. The van der Waals surface area contributed by atoms with Crippen LogP contribution in [0.5, 0.6) is 0 Å². The van der Waals surface area contributed by atoms with Gasteiger partial charge < -0.3 is 0 Å². The molecular weight excluding hydrogens is 263 g/mol. The number of azo groups is 1. The van der Waals surface area contributed by atoms with Crippen molar-refractivity contribution in [2.24, 2.45) is 15.2 Å². The summed E-state index contributed by atoms with van der Waals surface area (Å²) in [7, 11) is 0. The molecule has 1 amide bonds. The monoisotopic (exact) mass is 268 g/mol. The quantitative estimate of drug-likeness (QED) is 0.782. The van der Waals surface area contributed by atoms with E-state index >= 15 is 0 Å². The third-order valence-electron chi connectivity index (χ3n) is 1.84. The number of carbonyl (C=O) groups is 1. The molecule has 0 atom stereocenters. The van der Waals surface area contributed by atoms with Gasteiger partial charge in [-0.1, -0.05) is 29.8 Å². The average molecular weight is 269 g/mol. The maximum Gasteiger partial charge on any atom is 0.277 e. The lowest BCUT2D eigenvalue weighted by atomic mass is 10.3. The highest BCUT2D eigenvalue weighted by atomic mass is 35.5. The standard InChI is InChI=1S/C10H6Cl2N4O/c1-5-9(17)14-10(16-15-5)13-8-3-6(11)2-7(12)4-8/h2-4H,1H2,(H,13,14,17). The first kappa shape index (κ1) is 11.8. The van der Waals surface area contributed by atoms with Crippen LogP contribution in [0.15, 0.2) is 45.7 Å². The Bertz CT molecular complexity index is 545. The van der Waals surface area contributed by atoms with E-state index in [0.29, 0.717) is 15.7 Å². The Balaban J connectivity index is 2.34. The Hall–Kier alpha value is -1.72. The predicted octanol–water partition coefficient (Wildman–Crippen LogP) is 3.08. The number of nitrogens with one attached hydrogen (secondary N) is 1. The lowest BCUT2D eigenvalue weighted by Gasteiger charge is -2.07. The first-order chi connectivity index (χ1) is 8.04. The minimum absolute atomic E-state index is 0.0353. The maximum absolute atomic E-state index is 11.2. The third kappa shape index (κ3) is 2.89. The minimum Gasteiger partial charge on any atom is -0.288 e. The zero-order chi connectivity index (χ0) is 12.4. The number of amides is 1. The van der Waals surface area contributed by atoms with Crippen molar-refractivity contribution < 1.29 is 4.79 Å². The second kappa shape index (κ2) is 4.65. The molecule has 0 unspecified atom stereocenters. The molecule has 1 N–H and O–H groups in total. The summed E-state index contributed by atoms with van der Waals surface area (Å²) < 4.78 is 0. The van der Waals surface area contributed by atoms with E-state index in [0.717, 1.165) is 0 Å². The summed E-state index contributed by atoms with van der Waals surface area (Å²) in [5.74, 6) is -0.368. The van der Waals surface area contributed by atoms with Crippen molar-refractivity contribution in [3.8, 4) is 0 Å². The fraction of sp³-hybridized carbons (Fsp3) is 0. The number of guanidine groups is 1. The number of nitrogens with zero attached hydrogens (tertiary/aromatic N) is 3.